The molecule has 0 spiro atoms. The molecule has 0 aliphatic heterocycles. The first-order valence-electron chi connectivity index (χ1n) is 11.7. The van der Waals surface area contributed by atoms with E-state index >= 15 is 0 Å². The van der Waals surface area contributed by atoms with Gasteiger partial charge in [0.25, 0.3) is 5.91 Å². The highest BCUT2D eigenvalue weighted by molar-refractivity contribution is 6.31. The van der Waals surface area contributed by atoms with Crippen LogP contribution >= 0.6 is 11.6 Å². The predicted molar refractivity (Wildman–Crippen MR) is 138 cm³/mol. The maximum Gasteiger partial charge on any atom is 0.433 e. The number of carbonyl (C=O) groups excluding carboxylic acids is 1. The molecule has 7 nitrogen and oxygen atoms in total. The zero-order valence-electron chi connectivity index (χ0n) is 20.9. The van der Waals surface area contributed by atoms with E-state index in [9.17, 15) is 22.4 Å². The Kier molecular flexibility index (Phi) is 6.63. The Labute approximate surface area is 225 Å². The summed E-state index contributed by atoms with van der Waals surface area (Å²) in [5.74, 6) is -1.17. The summed E-state index contributed by atoms with van der Waals surface area (Å²) in [6.07, 6.45) is -4.75. The van der Waals surface area contributed by atoms with Gasteiger partial charge in [-0.2, -0.15) is 23.4 Å². The third kappa shape index (κ3) is 5.22. The molecule has 1 N–H and O–H groups in total. The van der Waals surface area contributed by atoms with E-state index in [0.29, 0.717) is 15.8 Å². The van der Waals surface area contributed by atoms with Crippen LogP contribution in [0.15, 0.2) is 54.6 Å². The molecule has 0 radical (unpaired) electrons. The summed E-state index contributed by atoms with van der Waals surface area (Å²) in [5, 5.41) is 10.9. The number of aryl methyl sites for hydroxylation is 3. The van der Waals surface area contributed by atoms with Crippen LogP contribution in [-0.2, 0) is 12.7 Å². The minimum absolute atomic E-state index is 0.0156. The van der Waals surface area contributed by atoms with Crippen LogP contribution in [0.25, 0.3) is 16.9 Å². The summed E-state index contributed by atoms with van der Waals surface area (Å²) in [7, 11) is 0. The van der Waals surface area contributed by atoms with Crippen molar-refractivity contribution < 1.29 is 22.4 Å². The molecule has 5 aromatic rings. The van der Waals surface area contributed by atoms with E-state index < -0.39 is 23.6 Å². The average molecular weight is 557 g/mol. The van der Waals surface area contributed by atoms with E-state index in [1.807, 2.05) is 13.8 Å². The number of fused-ring (bicyclic) bond motifs is 1. The topological polar surface area (TPSA) is 77.1 Å². The van der Waals surface area contributed by atoms with Crippen molar-refractivity contribution in [1.29, 1.82) is 0 Å². The van der Waals surface area contributed by atoms with Gasteiger partial charge in [-0.15, -0.1) is 0 Å². The highest BCUT2D eigenvalue weighted by Gasteiger charge is 2.35. The zero-order chi connectivity index (χ0) is 28.1. The summed E-state index contributed by atoms with van der Waals surface area (Å²) in [6, 6.07) is 13.2. The Morgan fingerprint density at radius 3 is 2.46 bits per heavy atom. The number of nitrogens with one attached hydrogen (secondary N) is 1. The second-order valence-electron chi connectivity index (χ2n) is 9.11. The second-order valence-corrected chi connectivity index (χ2v) is 9.51. The van der Waals surface area contributed by atoms with Crippen LogP contribution in [0.2, 0.25) is 5.02 Å². The van der Waals surface area contributed by atoms with Gasteiger partial charge in [0.2, 0.25) is 0 Å². The molecule has 0 unspecified atom stereocenters. The fourth-order valence-corrected chi connectivity index (χ4v) is 4.30. The van der Waals surface area contributed by atoms with Gasteiger partial charge in [-0.1, -0.05) is 29.8 Å². The third-order valence-electron chi connectivity index (χ3n) is 6.35. The molecule has 200 valence electrons. The monoisotopic (exact) mass is 556 g/mol. The zero-order valence-corrected chi connectivity index (χ0v) is 21.7. The number of halogens is 5. The van der Waals surface area contributed by atoms with Gasteiger partial charge < -0.3 is 5.32 Å². The fourth-order valence-electron chi connectivity index (χ4n) is 4.08. The van der Waals surface area contributed by atoms with Gasteiger partial charge in [0.15, 0.2) is 22.9 Å². The smallest absolute Gasteiger partial charge is 0.304 e. The molecule has 0 saturated heterocycles. The first-order valence-corrected chi connectivity index (χ1v) is 12.1. The number of nitrogens with zero attached hydrogens (tertiary/aromatic N) is 5. The lowest BCUT2D eigenvalue weighted by molar-refractivity contribution is -0.142. The van der Waals surface area contributed by atoms with E-state index in [1.165, 1.54) is 22.9 Å². The van der Waals surface area contributed by atoms with Gasteiger partial charge in [-0.05, 0) is 56.2 Å². The second kappa shape index (κ2) is 9.81. The molecule has 12 heteroatoms. The first-order chi connectivity index (χ1) is 18.4. The van der Waals surface area contributed by atoms with Crippen LogP contribution in [-0.4, -0.2) is 30.3 Å². The quantitative estimate of drug-likeness (QED) is 0.247. The summed E-state index contributed by atoms with van der Waals surface area (Å²) >= 11 is 6.10. The summed E-state index contributed by atoms with van der Waals surface area (Å²) in [4.78, 5) is 17.3. The Hall–Kier alpha value is -4.25. The molecule has 3 aromatic heterocycles. The highest BCUT2D eigenvalue weighted by atomic mass is 35.5. The van der Waals surface area contributed by atoms with Crippen LogP contribution in [0.3, 0.4) is 0 Å². The molecule has 0 saturated carbocycles. The van der Waals surface area contributed by atoms with Crippen molar-refractivity contribution in [2.75, 3.05) is 5.32 Å². The van der Waals surface area contributed by atoms with Gasteiger partial charge in [0, 0.05) is 34.0 Å². The van der Waals surface area contributed by atoms with Crippen molar-refractivity contribution in [2.45, 2.75) is 33.5 Å². The number of carbonyl (C=O) groups is 1. The third-order valence-corrected chi connectivity index (χ3v) is 6.70. The van der Waals surface area contributed by atoms with Crippen LogP contribution in [0.1, 0.15) is 38.6 Å². The highest BCUT2D eigenvalue weighted by Crippen LogP contribution is 2.33. The molecule has 1 amide bonds. The molecule has 3 heterocycles. The lowest BCUT2D eigenvalue weighted by Gasteiger charge is -2.11. The molecular weight excluding hydrogens is 536 g/mol. The molecule has 0 bridgehead atoms. The number of hydrogen-bond acceptors (Lipinski definition) is 4. The molecular formula is C27H21ClF4N6O. The number of benzene rings is 2. The Morgan fingerprint density at radius 2 is 1.77 bits per heavy atom. The van der Waals surface area contributed by atoms with Crippen molar-refractivity contribution in [1.82, 2.24) is 24.4 Å². The van der Waals surface area contributed by atoms with Gasteiger partial charge in [0.1, 0.15) is 5.82 Å². The summed E-state index contributed by atoms with van der Waals surface area (Å²) in [5.41, 5.74) is 1.85. The number of hydrogen-bond donors (Lipinski definition) is 1. The number of rotatable bonds is 5. The minimum atomic E-state index is -4.75. The van der Waals surface area contributed by atoms with Crippen molar-refractivity contribution in [3.63, 3.8) is 0 Å². The van der Waals surface area contributed by atoms with Crippen molar-refractivity contribution >= 4 is 29.0 Å². The van der Waals surface area contributed by atoms with Crippen LogP contribution in [0.5, 0.6) is 0 Å². The van der Waals surface area contributed by atoms with Gasteiger partial charge >= 0.3 is 6.18 Å². The van der Waals surface area contributed by atoms with E-state index in [0.717, 1.165) is 17.2 Å². The molecule has 0 fully saturated rings. The van der Waals surface area contributed by atoms with Crippen LogP contribution in [0.4, 0.5) is 23.4 Å². The summed E-state index contributed by atoms with van der Waals surface area (Å²) in [6.45, 7) is 5.48. The largest absolute Gasteiger partial charge is 0.433 e. The van der Waals surface area contributed by atoms with E-state index in [2.05, 4.69) is 20.5 Å². The Balaban J connectivity index is 1.46. The molecule has 39 heavy (non-hydrogen) atoms. The molecule has 0 aliphatic rings. The number of anilines is 1. The minimum Gasteiger partial charge on any atom is -0.304 e. The maximum atomic E-state index is 14.2. The van der Waals surface area contributed by atoms with Gasteiger partial charge in [-0.3, -0.25) is 9.48 Å². The number of aromatic nitrogens is 5. The molecule has 2 aromatic carbocycles. The number of alkyl halides is 3. The van der Waals surface area contributed by atoms with Crippen molar-refractivity contribution in [3.05, 3.63) is 99.2 Å². The van der Waals surface area contributed by atoms with Gasteiger partial charge in [-0.25, -0.2) is 13.9 Å². The molecule has 0 aliphatic carbocycles. The Morgan fingerprint density at radius 1 is 1.00 bits per heavy atom. The lowest BCUT2D eigenvalue weighted by atomic mass is 10.0. The normalized spacial score (nSPS) is 11.8. The van der Waals surface area contributed by atoms with E-state index in [4.69, 9.17) is 11.6 Å². The number of amides is 1. The SMILES string of the molecule is Cc1ccc(-c2cc(C(F)(F)F)n3nc(C(=O)Nc4cc(C)n(Cc5c(F)cccc5Cl)n4)cc3n2)cc1C. The summed E-state index contributed by atoms with van der Waals surface area (Å²) < 4.78 is 58.1. The van der Waals surface area contributed by atoms with Crippen molar-refractivity contribution in [3.8, 4) is 11.3 Å². The first kappa shape index (κ1) is 26.4. The van der Waals surface area contributed by atoms with E-state index in [-0.39, 0.29) is 40.0 Å². The molecule has 0 atom stereocenters. The lowest BCUT2D eigenvalue weighted by Crippen LogP contribution is -2.16. The predicted octanol–water partition coefficient (Wildman–Crippen LogP) is 6.63. The average Bonchev–Trinajstić information content (AvgIpc) is 3.45. The fraction of sp³-hybridized carbons (Fsp3) is 0.185. The Bertz CT molecular complexity index is 1720. The van der Waals surface area contributed by atoms with Crippen LogP contribution in [0, 0.1) is 26.6 Å². The maximum absolute atomic E-state index is 14.2. The van der Waals surface area contributed by atoms with Gasteiger partial charge in [0.05, 0.1) is 12.2 Å². The standard InChI is InChI=1S/C27H21ClF4N6O/c1-14-7-8-17(9-15(14)2)21-11-23(27(30,31)32)38-25(33-21)12-22(35-38)26(39)34-24-10-16(3)37(36-24)13-18-19(28)5-4-6-20(18)29/h4-12H,13H2,1-3H3,(H,34,36,39). The molecule has 5 rings (SSSR count). The van der Waals surface area contributed by atoms with E-state index in [1.54, 1.807) is 37.3 Å². The van der Waals surface area contributed by atoms with Crippen LogP contribution < -0.4 is 5.32 Å². The van der Waals surface area contributed by atoms with Crippen molar-refractivity contribution in [2.24, 2.45) is 0 Å².